The number of rotatable bonds is 3. The van der Waals surface area contributed by atoms with Crippen molar-refractivity contribution in [2.24, 2.45) is 0 Å². The Hall–Kier alpha value is -0.480. The topological polar surface area (TPSA) is 35.2 Å². The third kappa shape index (κ3) is 2.75. The number of hydrogen-bond acceptors (Lipinski definition) is 2. The summed E-state index contributed by atoms with van der Waals surface area (Å²) < 4.78 is 18.3. The van der Waals surface area contributed by atoms with Crippen molar-refractivity contribution < 1.29 is 9.13 Å². The first kappa shape index (κ1) is 11.6. The average molecular weight is 283 g/mol. The molecule has 2 N–H and O–H groups in total. The second-order valence-corrected chi connectivity index (χ2v) is 4.81. The highest BCUT2D eigenvalue weighted by Crippen LogP contribution is 2.33. The van der Waals surface area contributed by atoms with Crippen molar-refractivity contribution in [2.75, 3.05) is 12.3 Å². The third-order valence-corrected chi connectivity index (χ3v) is 2.15. The number of ether oxygens (including phenoxy) is 1. The van der Waals surface area contributed by atoms with Crippen LogP contribution >= 0.6 is 27.5 Å². The number of alkyl halides is 1. The number of halogens is 3. The maximum absolute atomic E-state index is 13.0. The van der Waals surface area contributed by atoms with Gasteiger partial charge in [0, 0.05) is 4.83 Å². The molecule has 78 valence electrons. The molecule has 0 heterocycles. The van der Waals surface area contributed by atoms with E-state index in [0.29, 0.717) is 12.3 Å². The Balaban J connectivity index is 2.89. The fraction of sp³-hybridized carbons (Fsp3) is 0.333. The van der Waals surface area contributed by atoms with Crippen LogP contribution in [0.2, 0.25) is 5.02 Å². The van der Waals surface area contributed by atoms with Gasteiger partial charge in [-0.1, -0.05) is 27.5 Å². The largest absolute Gasteiger partial charge is 0.489 e. The lowest BCUT2D eigenvalue weighted by atomic mass is 10.3. The van der Waals surface area contributed by atoms with Crippen molar-refractivity contribution in [1.82, 2.24) is 0 Å². The van der Waals surface area contributed by atoms with E-state index in [-0.39, 0.29) is 15.6 Å². The molecule has 0 saturated carbocycles. The van der Waals surface area contributed by atoms with E-state index < -0.39 is 5.82 Å². The molecule has 0 aliphatic carbocycles. The van der Waals surface area contributed by atoms with E-state index in [9.17, 15) is 4.39 Å². The molecule has 0 unspecified atom stereocenters. The summed E-state index contributed by atoms with van der Waals surface area (Å²) in [4.78, 5) is 0.154. The molecule has 0 aliphatic heterocycles. The lowest BCUT2D eigenvalue weighted by Crippen LogP contribution is -2.08. The highest BCUT2D eigenvalue weighted by atomic mass is 79.9. The molecule has 0 spiro atoms. The van der Waals surface area contributed by atoms with E-state index in [1.807, 2.05) is 6.92 Å². The van der Waals surface area contributed by atoms with Crippen LogP contribution in [0.25, 0.3) is 0 Å². The van der Waals surface area contributed by atoms with Crippen LogP contribution < -0.4 is 10.5 Å². The lowest BCUT2D eigenvalue weighted by Gasteiger charge is -2.11. The Kier molecular flexibility index (Phi) is 4.01. The summed E-state index contributed by atoms with van der Waals surface area (Å²) in [6.45, 7) is 2.29. The zero-order chi connectivity index (χ0) is 10.7. The van der Waals surface area contributed by atoms with Crippen molar-refractivity contribution in [3.8, 4) is 5.75 Å². The lowest BCUT2D eigenvalue weighted by molar-refractivity contribution is 0.324. The molecule has 5 heteroatoms. The summed E-state index contributed by atoms with van der Waals surface area (Å²) in [7, 11) is 0. The van der Waals surface area contributed by atoms with E-state index in [4.69, 9.17) is 22.1 Å². The number of nitrogen functional groups attached to an aromatic ring is 1. The van der Waals surface area contributed by atoms with Crippen LogP contribution in [-0.2, 0) is 0 Å². The Labute approximate surface area is 95.3 Å². The molecule has 0 aliphatic rings. The molecule has 0 fully saturated rings. The number of nitrogens with two attached hydrogens (primary N) is 1. The van der Waals surface area contributed by atoms with Gasteiger partial charge >= 0.3 is 0 Å². The molecule has 0 saturated heterocycles. The summed E-state index contributed by atoms with van der Waals surface area (Å²) in [5.41, 5.74) is 5.92. The van der Waals surface area contributed by atoms with Crippen molar-refractivity contribution in [2.45, 2.75) is 11.8 Å². The summed E-state index contributed by atoms with van der Waals surface area (Å²) in [5, 5.41) is -0.0712. The van der Waals surface area contributed by atoms with E-state index in [1.165, 1.54) is 12.1 Å². The SMILES string of the molecule is C[C@@H](Br)COc1c(N)ccc(F)c1Cl. The first-order chi connectivity index (χ1) is 6.52. The molecule has 0 bridgehead atoms. The van der Waals surface area contributed by atoms with Crippen LogP contribution in [0.5, 0.6) is 5.75 Å². The van der Waals surface area contributed by atoms with Gasteiger partial charge in [0.1, 0.15) is 17.4 Å². The second-order valence-electron chi connectivity index (χ2n) is 2.87. The van der Waals surface area contributed by atoms with Gasteiger partial charge in [-0.05, 0) is 19.1 Å². The van der Waals surface area contributed by atoms with Crippen molar-refractivity contribution in [3.05, 3.63) is 23.0 Å². The first-order valence-electron chi connectivity index (χ1n) is 4.02. The van der Waals surface area contributed by atoms with E-state index in [0.717, 1.165) is 0 Å². The van der Waals surface area contributed by atoms with Gasteiger partial charge in [0.2, 0.25) is 0 Å². The van der Waals surface area contributed by atoms with Gasteiger partial charge in [-0.3, -0.25) is 0 Å². The normalized spacial score (nSPS) is 12.6. The third-order valence-electron chi connectivity index (χ3n) is 1.54. The summed E-state index contributed by atoms with van der Waals surface area (Å²) in [6.07, 6.45) is 0. The fourth-order valence-corrected chi connectivity index (χ4v) is 1.25. The van der Waals surface area contributed by atoms with Gasteiger partial charge in [-0.15, -0.1) is 0 Å². The molecule has 1 atom stereocenters. The van der Waals surface area contributed by atoms with Crippen LogP contribution in [0.15, 0.2) is 12.1 Å². The molecule has 0 amide bonds. The van der Waals surface area contributed by atoms with Crippen LogP contribution in [0.3, 0.4) is 0 Å². The smallest absolute Gasteiger partial charge is 0.163 e. The average Bonchev–Trinajstić information content (AvgIpc) is 2.11. The maximum atomic E-state index is 13.0. The van der Waals surface area contributed by atoms with Gasteiger partial charge in [0.25, 0.3) is 0 Å². The molecule has 0 radical (unpaired) electrons. The van der Waals surface area contributed by atoms with Gasteiger partial charge in [0.05, 0.1) is 5.69 Å². The van der Waals surface area contributed by atoms with Crippen LogP contribution in [0.1, 0.15) is 6.92 Å². The fourth-order valence-electron chi connectivity index (χ4n) is 0.892. The molecule has 1 rings (SSSR count). The zero-order valence-corrected chi connectivity index (χ0v) is 9.90. The standard InChI is InChI=1S/C9H10BrClFNO/c1-5(10)4-14-9-7(13)3-2-6(12)8(9)11/h2-3,5H,4,13H2,1H3/t5-/m1/s1. The van der Waals surface area contributed by atoms with Crippen molar-refractivity contribution in [3.63, 3.8) is 0 Å². The van der Waals surface area contributed by atoms with Crippen molar-refractivity contribution >= 4 is 33.2 Å². The highest BCUT2D eigenvalue weighted by molar-refractivity contribution is 9.09. The monoisotopic (exact) mass is 281 g/mol. The minimum atomic E-state index is -0.530. The Morgan fingerprint density at radius 1 is 1.64 bits per heavy atom. The summed E-state index contributed by atoms with van der Waals surface area (Å²) in [5.74, 6) is -0.323. The number of benzene rings is 1. The second kappa shape index (κ2) is 4.84. The van der Waals surface area contributed by atoms with E-state index in [2.05, 4.69) is 15.9 Å². The number of anilines is 1. The predicted octanol–water partition coefficient (Wildman–Crippen LogP) is 3.22. The molecular formula is C9H10BrClFNO. The van der Waals surface area contributed by atoms with E-state index in [1.54, 1.807) is 0 Å². The summed E-state index contributed by atoms with van der Waals surface area (Å²) >= 11 is 8.98. The Morgan fingerprint density at radius 2 is 2.29 bits per heavy atom. The van der Waals surface area contributed by atoms with Gasteiger partial charge in [-0.25, -0.2) is 4.39 Å². The van der Waals surface area contributed by atoms with Crippen LogP contribution in [0, 0.1) is 5.82 Å². The molecular weight excluding hydrogens is 272 g/mol. The molecule has 1 aromatic carbocycles. The predicted molar refractivity (Wildman–Crippen MR) is 59.7 cm³/mol. The Morgan fingerprint density at radius 3 is 2.86 bits per heavy atom. The Bertz CT molecular complexity index is 333. The quantitative estimate of drug-likeness (QED) is 0.682. The molecule has 14 heavy (non-hydrogen) atoms. The van der Waals surface area contributed by atoms with Crippen LogP contribution in [-0.4, -0.2) is 11.4 Å². The molecule has 1 aromatic rings. The van der Waals surface area contributed by atoms with Gasteiger partial charge < -0.3 is 10.5 Å². The number of hydrogen-bond donors (Lipinski definition) is 1. The molecule has 0 aromatic heterocycles. The first-order valence-corrected chi connectivity index (χ1v) is 5.32. The van der Waals surface area contributed by atoms with E-state index >= 15 is 0 Å². The minimum absolute atomic E-state index is 0.0712. The van der Waals surface area contributed by atoms with Crippen LogP contribution in [0.4, 0.5) is 10.1 Å². The minimum Gasteiger partial charge on any atom is -0.489 e. The summed E-state index contributed by atoms with van der Waals surface area (Å²) in [6, 6.07) is 2.64. The van der Waals surface area contributed by atoms with Gasteiger partial charge in [0.15, 0.2) is 5.75 Å². The van der Waals surface area contributed by atoms with Crippen molar-refractivity contribution in [1.29, 1.82) is 0 Å². The maximum Gasteiger partial charge on any atom is 0.163 e. The molecule has 2 nitrogen and oxygen atoms in total. The highest BCUT2D eigenvalue weighted by Gasteiger charge is 2.11. The zero-order valence-electron chi connectivity index (χ0n) is 7.56. The van der Waals surface area contributed by atoms with Gasteiger partial charge in [-0.2, -0.15) is 0 Å².